The number of hydrogen-bond donors (Lipinski definition) is 4. The molecular weight excluding hydrogens is 432 g/mol. The average molecular weight is 471 g/mol. The number of hydrogen-bond acceptors (Lipinski definition) is 8. The van der Waals surface area contributed by atoms with Crippen LogP contribution < -0.4 is 20.1 Å². The van der Waals surface area contributed by atoms with E-state index in [4.69, 9.17) is 9.47 Å². The summed E-state index contributed by atoms with van der Waals surface area (Å²) in [6.45, 7) is 8.85. The van der Waals surface area contributed by atoms with E-state index in [1.165, 1.54) is 0 Å². The predicted molar refractivity (Wildman–Crippen MR) is 139 cm³/mol. The molecule has 8 nitrogen and oxygen atoms in total. The van der Waals surface area contributed by atoms with Crippen LogP contribution in [0.1, 0.15) is 35.1 Å². The second-order valence-electron chi connectivity index (χ2n) is 8.04. The molecule has 0 saturated carbocycles. The number of methoxy groups -OCH3 is 2. The number of phenols is 2. The van der Waals surface area contributed by atoms with E-state index in [2.05, 4.69) is 20.6 Å². The van der Waals surface area contributed by atoms with Gasteiger partial charge in [0.25, 0.3) is 0 Å². The highest BCUT2D eigenvalue weighted by molar-refractivity contribution is 5.84. The maximum absolute atomic E-state index is 10.0. The van der Waals surface area contributed by atoms with Crippen LogP contribution in [0.25, 0.3) is 0 Å². The number of rotatable bonds is 15. The van der Waals surface area contributed by atoms with Crippen LogP contribution >= 0.6 is 0 Å². The molecule has 4 N–H and O–H groups in total. The Kier molecular flexibility index (Phi) is 11.9. The lowest BCUT2D eigenvalue weighted by molar-refractivity contribution is 0.404. The van der Waals surface area contributed by atoms with Gasteiger partial charge in [0.15, 0.2) is 0 Å². The van der Waals surface area contributed by atoms with Crippen LogP contribution in [0.4, 0.5) is 0 Å². The first-order valence-corrected chi connectivity index (χ1v) is 11.6. The number of phenolic OH excluding ortho intramolecular Hbond substituents is 2. The first-order valence-electron chi connectivity index (χ1n) is 11.6. The topological polar surface area (TPSA) is 108 Å². The summed E-state index contributed by atoms with van der Waals surface area (Å²) >= 11 is 0. The fraction of sp³-hybridized carbons (Fsp3) is 0.462. The van der Waals surface area contributed by atoms with E-state index in [9.17, 15) is 10.2 Å². The fourth-order valence-corrected chi connectivity index (χ4v) is 3.39. The van der Waals surface area contributed by atoms with Crippen LogP contribution in [-0.2, 0) is 0 Å². The molecule has 2 aromatic rings. The zero-order valence-electron chi connectivity index (χ0n) is 20.7. The quantitative estimate of drug-likeness (QED) is 0.235. The Hall–Kier alpha value is -3.10. The third-order valence-electron chi connectivity index (χ3n) is 5.31. The lowest BCUT2D eigenvalue weighted by atomic mass is 10.1. The summed E-state index contributed by atoms with van der Waals surface area (Å²) in [5.41, 5.74) is 3.34. The van der Waals surface area contributed by atoms with Crippen LogP contribution in [-0.4, -0.2) is 76.1 Å². The van der Waals surface area contributed by atoms with Crippen molar-refractivity contribution in [2.45, 2.75) is 26.7 Å². The van der Waals surface area contributed by atoms with Crippen molar-refractivity contribution in [2.24, 2.45) is 9.98 Å². The highest BCUT2D eigenvalue weighted by atomic mass is 16.5. The van der Waals surface area contributed by atoms with Crippen molar-refractivity contribution in [2.75, 3.05) is 53.5 Å². The second-order valence-corrected chi connectivity index (χ2v) is 8.04. The first kappa shape index (κ1) is 27.1. The van der Waals surface area contributed by atoms with Crippen molar-refractivity contribution in [1.29, 1.82) is 0 Å². The molecule has 0 spiro atoms. The van der Waals surface area contributed by atoms with Gasteiger partial charge in [-0.3, -0.25) is 9.98 Å². The van der Waals surface area contributed by atoms with Crippen molar-refractivity contribution in [1.82, 2.24) is 10.6 Å². The molecule has 0 unspecified atom stereocenters. The molecule has 34 heavy (non-hydrogen) atoms. The van der Waals surface area contributed by atoms with E-state index in [0.29, 0.717) is 35.7 Å². The number of aryl methyl sites for hydroxylation is 2. The Morgan fingerprint density at radius 2 is 1.12 bits per heavy atom. The van der Waals surface area contributed by atoms with Gasteiger partial charge in [-0.15, -0.1) is 0 Å². The number of aliphatic imine (C=N–C) groups is 2. The van der Waals surface area contributed by atoms with Gasteiger partial charge in [-0.1, -0.05) is 0 Å². The minimum atomic E-state index is 0.176. The highest BCUT2D eigenvalue weighted by Crippen LogP contribution is 2.27. The molecule has 8 heteroatoms. The SMILES string of the molecule is COc1cc(O)c(C=NCCCNCCNCCCN=Cc2cc(C)c(OC)cc2O)cc1C. The molecule has 2 aromatic carbocycles. The van der Waals surface area contributed by atoms with Crippen LogP contribution in [0, 0.1) is 13.8 Å². The third kappa shape index (κ3) is 9.03. The Morgan fingerprint density at radius 1 is 0.706 bits per heavy atom. The van der Waals surface area contributed by atoms with E-state index in [1.807, 2.05) is 26.0 Å². The zero-order valence-corrected chi connectivity index (χ0v) is 20.7. The molecule has 0 atom stereocenters. The van der Waals surface area contributed by atoms with Gasteiger partial charge in [0.1, 0.15) is 23.0 Å². The van der Waals surface area contributed by atoms with Crippen LogP contribution in [0.5, 0.6) is 23.0 Å². The molecule has 186 valence electrons. The van der Waals surface area contributed by atoms with Crippen LogP contribution in [0.15, 0.2) is 34.3 Å². The third-order valence-corrected chi connectivity index (χ3v) is 5.31. The second kappa shape index (κ2) is 14.9. The average Bonchev–Trinajstić information content (AvgIpc) is 2.82. The summed E-state index contributed by atoms with van der Waals surface area (Å²) in [5, 5.41) is 26.8. The van der Waals surface area contributed by atoms with Gasteiger partial charge in [0.2, 0.25) is 0 Å². The Balaban J connectivity index is 1.50. The summed E-state index contributed by atoms with van der Waals surface area (Å²) in [5.74, 6) is 1.69. The molecule has 0 radical (unpaired) electrons. The van der Waals surface area contributed by atoms with E-state index in [1.54, 1.807) is 38.8 Å². The van der Waals surface area contributed by atoms with Gasteiger partial charge in [0, 0.05) is 61.9 Å². The van der Waals surface area contributed by atoms with E-state index < -0.39 is 0 Å². The number of aromatic hydroxyl groups is 2. The Bertz CT molecular complexity index is 883. The standard InChI is InChI=1S/C26H38N4O4/c1-19-13-21(23(31)15-25(19)33-3)17-29-9-5-7-27-11-12-28-8-6-10-30-18-22-14-20(2)26(34-4)16-24(22)32/h13-18,27-28,31-32H,5-12H2,1-4H3. The van der Waals surface area contributed by atoms with Gasteiger partial charge >= 0.3 is 0 Å². The van der Waals surface area contributed by atoms with Crippen LogP contribution in [0.3, 0.4) is 0 Å². The van der Waals surface area contributed by atoms with Gasteiger partial charge < -0.3 is 30.3 Å². The molecule has 0 aliphatic rings. The molecule has 2 rings (SSSR count). The summed E-state index contributed by atoms with van der Waals surface area (Å²) in [6.07, 6.45) is 5.28. The van der Waals surface area contributed by atoms with Crippen molar-refractivity contribution in [3.63, 3.8) is 0 Å². The van der Waals surface area contributed by atoms with Crippen LogP contribution in [0.2, 0.25) is 0 Å². The molecule has 0 bridgehead atoms. The Morgan fingerprint density at radius 3 is 1.50 bits per heavy atom. The minimum Gasteiger partial charge on any atom is -0.507 e. The predicted octanol–water partition coefficient (Wildman–Crippen LogP) is 3.23. The zero-order chi connectivity index (χ0) is 24.8. The number of nitrogens with one attached hydrogen (secondary N) is 2. The van der Waals surface area contributed by atoms with Crippen molar-refractivity contribution >= 4 is 12.4 Å². The molecule has 0 aliphatic heterocycles. The molecule has 0 aromatic heterocycles. The maximum Gasteiger partial charge on any atom is 0.128 e. The Labute approximate surface area is 202 Å². The van der Waals surface area contributed by atoms with E-state index in [-0.39, 0.29) is 11.5 Å². The van der Waals surface area contributed by atoms with E-state index in [0.717, 1.165) is 50.1 Å². The number of nitrogens with zero attached hydrogens (tertiary/aromatic N) is 2. The van der Waals surface area contributed by atoms with Gasteiger partial charge in [-0.25, -0.2) is 0 Å². The van der Waals surface area contributed by atoms with Gasteiger partial charge in [0.05, 0.1) is 14.2 Å². The van der Waals surface area contributed by atoms with Gasteiger partial charge in [-0.05, 0) is 63.0 Å². The normalized spacial score (nSPS) is 11.5. The molecule has 0 fully saturated rings. The fourth-order valence-electron chi connectivity index (χ4n) is 3.39. The summed E-state index contributed by atoms with van der Waals surface area (Å²) < 4.78 is 10.4. The molecule has 0 aliphatic carbocycles. The maximum atomic E-state index is 10.0. The lowest BCUT2D eigenvalue weighted by Gasteiger charge is -2.07. The lowest BCUT2D eigenvalue weighted by Crippen LogP contribution is -2.29. The molecular formula is C26H38N4O4. The smallest absolute Gasteiger partial charge is 0.128 e. The highest BCUT2D eigenvalue weighted by Gasteiger charge is 2.06. The van der Waals surface area contributed by atoms with E-state index >= 15 is 0 Å². The minimum absolute atomic E-state index is 0.176. The molecule has 0 saturated heterocycles. The summed E-state index contributed by atoms with van der Waals surface area (Å²) in [4.78, 5) is 8.80. The molecule has 0 amide bonds. The monoisotopic (exact) mass is 470 g/mol. The number of ether oxygens (including phenoxy) is 2. The summed E-state index contributed by atoms with van der Waals surface area (Å²) in [7, 11) is 3.18. The molecule has 0 heterocycles. The van der Waals surface area contributed by atoms with Crippen molar-refractivity contribution < 1.29 is 19.7 Å². The van der Waals surface area contributed by atoms with Crippen molar-refractivity contribution in [3.05, 3.63) is 46.5 Å². The van der Waals surface area contributed by atoms with Gasteiger partial charge in [-0.2, -0.15) is 0 Å². The summed E-state index contributed by atoms with van der Waals surface area (Å²) in [6, 6.07) is 6.97. The number of benzene rings is 2. The largest absolute Gasteiger partial charge is 0.507 e. The first-order chi connectivity index (χ1) is 16.5. The van der Waals surface area contributed by atoms with Crippen molar-refractivity contribution in [3.8, 4) is 23.0 Å².